The zero-order chi connectivity index (χ0) is 9.52. The van der Waals surface area contributed by atoms with Gasteiger partial charge in [-0.1, -0.05) is 24.3 Å². The minimum atomic E-state index is -0.0255. The summed E-state index contributed by atoms with van der Waals surface area (Å²) in [7, 11) is 0. The van der Waals surface area contributed by atoms with Crippen LogP contribution in [0.15, 0.2) is 43.0 Å². The Balaban J connectivity index is 0.00000169. The third-order valence-corrected chi connectivity index (χ3v) is 1.67. The average Bonchev–Trinajstić information content (AvgIpc) is 2.19. The minimum absolute atomic E-state index is 0. The lowest BCUT2D eigenvalue weighted by atomic mass is 10.2. The summed E-state index contributed by atoms with van der Waals surface area (Å²) in [5.41, 5.74) is 0.701. The molecule has 1 N–H and O–H groups in total. The summed E-state index contributed by atoms with van der Waals surface area (Å²) in [5.74, 6) is -0.0255. The lowest BCUT2D eigenvalue weighted by Gasteiger charge is -2.02. The first kappa shape index (κ1) is 9.52. The van der Waals surface area contributed by atoms with E-state index < -0.39 is 0 Å². The Morgan fingerprint density at radius 1 is 1.46 bits per heavy atom. The number of hydrogen-bond acceptors (Lipinski definition) is 1. The molecule has 0 aliphatic rings. The van der Waals surface area contributed by atoms with Crippen LogP contribution >= 0.6 is 0 Å². The zero-order valence-corrected chi connectivity index (χ0v) is 7.49. The second-order valence-electron chi connectivity index (χ2n) is 2.70. The van der Waals surface area contributed by atoms with E-state index >= 15 is 0 Å². The summed E-state index contributed by atoms with van der Waals surface area (Å²) >= 11 is 0. The molecule has 0 radical (unpaired) electrons. The van der Waals surface area contributed by atoms with E-state index in [4.69, 9.17) is 0 Å². The highest BCUT2D eigenvalue weighted by molar-refractivity contribution is 5.94. The van der Waals surface area contributed by atoms with Crippen LogP contribution in [-0.4, -0.2) is 12.5 Å². The maximum Gasteiger partial charge on any atom is 0.251 e. The molecule has 1 rings (SSSR count). The summed E-state index contributed by atoms with van der Waals surface area (Å²) in [4.78, 5) is 11.4. The van der Waals surface area contributed by atoms with Crippen molar-refractivity contribution in [1.29, 1.82) is 0 Å². The molecule has 0 unspecified atom stereocenters. The minimum Gasteiger partial charge on any atom is -0.352 e. The van der Waals surface area contributed by atoms with Crippen LogP contribution in [0.5, 0.6) is 0 Å². The predicted octanol–water partition coefficient (Wildman–Crippen LogP) is 2.24. The van der Waals surface area contributed by atoms with Crippen molar-refractivity contribution in [3.8, 4) is 0 Å². The Morgan fingerprint density at radius 3 is 2.77 bits per heavy atom. The molecule has 13 heavy (non-hydrogen) atoms. The van der Waals surface area contributed by atoms with Crippen LogP contribution in [0.3, 0.4) is 0 Å². The molecule has 0 aliphatic carbocycles. The van der Waals surface area contributed by atoms with Gasteiger partial charge in [-0.25, -0.2) is 0 Å². The van der Waals surface area contributed by atoms with E-state index in [9.17, 15) is 4.79 Å². The first-order chi connectivity index (χ1) is 6.34. The number of nitrogens with one attached hydrogen (secondary N) is 1. The largest absolute Gasteiger partial charge is 0.352 e. The van der Waals surface area contributed by atoms with Crippen molar-refractivity contribution < 1.29 is 6.22 Å². The Labute approximate surface area is 79.8 Å². The van der Waals surface area contributed by atoms with E-state index in [2.05, 4.69) is 11.9 Å². The summed E-state index contributed by atoms with van der Waals surface area (Å²) in [6.07, 6.45) is 2.59. The van der Waals surface area contributed by atoms with E-state index in [1.807, 2.05) is 18.2 Å². The molecule has 2 heteroatoms. The van der Waals surface area contributed by atoms with Gasteiger partial charge in [0.25, 0.3) is 5.91 Å². The van der Waals surface area contributed by atoms with Gasteiger partial charge in [0.15, 0.2) is 0 Å². The van der Waals surface area contributed by atoms with Crippen LogP contribution in [0, 0.1) is 0 Å². The second kappa shape index (κ2) is 5.14. The molecule has 70 valence electrons. The highest BCUT2D eigenvalue weighted by atomic mass is 16.1. The first-order valence-electron chi connectivity index (χ1n) is 4.28. The molecule has 1 amide bonds. The second-order valence-corrected chi connectivity index (χ2v) is 2.70. The van der Waals surface area contributed by atoms with Crippen LogP contribution < -0.4 is 5.32 Å². The highest BCUT2D eigenvalue weighted by Gasteiger charge is 2.01. The van der Waals surface area contributed by atoms with Crippen molar-refractivity contribution in [2.45, 2.75) is 6.42 Å². The maximum atomic E-state index is 11.4. The van der Waals surface area contributed by atoms with Gasteiger partial charge in [0.1, 0.15) is 0 Å². The number of carbonyl (C=O) groups is 1. The van der Waals surface area contributed by atoms with Gasteiger partial charge in [0.2, 0.25) is 0 Å². The zero-order valence-electron chi connectivity index (χ0n) is 7.49. The van der Waals surface area contributed by atoms with Gasteiger partial charge < -0.3 is 5.32 Å². The fourth-order valence-corrected chi connectivity index (χ4v) is 0.979. The van der Waals surface area contributed by atoms with Gasteiger partial charge in [-0.3, -0.25) is 4.79 Å². The van der Waals surface area contributed by atoms with E-state index in [0.717, 1.165) is 6.42 Å². The van der Waals surface area contributed by atoms with Crippen molar-refractivity contribution in [1.82, 2.24) is 5.32 Å². The van der Waals surface area contributed by atoms with Crippen LogP contribution in [0.25, 0.3) is 0 Å². The van der Waals surface area contributed by atoms with Crippen LogP contribution in [0.2, 0.25) is 0 Å². The van der Waals surface area contributed by atoms with Gasteiger partial charge in [-0.05, 0) is 18.6 Å². The summed E-state index contributed by atoms with van der Waals surface area (Å²) in [5, 5.41) is 2.79. The van der Waals surface area contributed by atoms with E-state index in [1.165, 1.54) is 0 Å². The van der Waals surface area contributed by atoms with E-state index in [1.54, 1.807) is 18.2 Å². The highest BCUT2D eigenvalue weighted by Crippen LogP contribution is 1.97. The van der Waals surface area contributed by atoms with Crippen LogP contribution in [-0.2, 0) is 0 Å². The molecule has 0 fully saturated rings. The fourth-order valence-electron chi connectivity index (χ4n) is 0.979. The van der Waals surface area contributed by atoms with Crippen molar-refractivity contribution in [3.63, 3.8) is 0 Å². The molecule has 0 saturated carbocycles. The Morgan fingerprint density at radius 2 is 2.15 bits per heavy atom. The molecule has 0 spiro atoms. The van der Waals surface area contributed by atoms with Gasteiger partial charge in [-0.2, -0.15) is 0 Å². The van der Waals surface area contributed by atoms with Crippen molar-refractivity contribution in [2.75, 3.05) is 6.54 Å². The molecule has 1 aromatic carbocycles. The average molecular weight is 177 g/mol. The first-order valence-corrected chi connectivity index (χ1v) is 4.28. The fraction of sp³-hybridized carbons (Fsp3) is 0.182. The number of benzene rings is 1. The van der Waals surface area contributed by atoms with Gasteiger partial charge >= 0.3 is 0 Å². The topological polar surface area (TPSA) is 29.1 Å². The summed E-state index contributed by atoms with van der Waals surface area (Å²) < 4.78 is 0. The molecule has 0 heterocycles. The quantitative estimate of drug-likeness (QED) is 0.554. The molecule has 1 aromatic rings. The number of amides is 1. The third kappa shape index (κ3) is 3.11. The van der Waals surface area contributed by atoms with E-state index in [0.29, 0.717) is 12.1 Å². The van der Waals surface area contributed by atoms with E-state index in [-0.39, 0.29) is 7.33 Å². The van der Waals surface area contributed by atoms with Gasteiger partial charge in [0.05, 0.1) is 0 Å². The lowest BCUT2D eigenvalue weighted by molar-refractivity contribution is 0.0954. The number of hydrogen-bond donors (Lipinski definition) is 1. The molecular weight excluding hydrogens is 162 g/mol. The molecule has 0 saturated heterocycles. The standard InChI is InChI=1S/C11H13NO.H2/c1-2-3-9-12-11(13)10-7-5-4-6-8-10;/h2,4-8H,1,3,9H2,(H,12,13);1H. The third-order valence-electron chi connectivity index (χ3n) is 1.67. The smallest absolute Gasteiger partial charge is 0.251 e. The van der Waals surface area contributed by atoms with Crippen LogP contribution in [0.1, 0.15) is 18.2 Å². The predicted molar refractivity (Wildman–Crippen MR) is 55.7 cm³/mol. The number of carbonyl (C=O) groups excluding carboxylic acids is 1. The van der Waals surface area contributed by atoms with Crippen molar-refractivity contribution in [2.24, 2.45) is 0 Å². The van der Waals surface area contributed by atoms with Crippen molar-refractivity contribution >= 4 is 5.91 Å². The molecular formula is C11H15NO. The summed E-state index contributed by atoms with van der Waals surface area (Å²) in [6, 6.07) is 9.18. The normalized spacial score (nSPS) is 9.23. The Bertz CT molecular complexity index is 285. The van der Waals surface area contributed by atoms with Crippen molar-refractivity contribution in [3.05, 3.63) is 48.6 Å². The lowest BCUT2D eigenvalue weighted by Crippen LogP contribution is -2.23. The molecule has 0 aliphatic heterocycles. The summed E-state index contributed by atoms with van der Waals surface area (Å²) in [6.45, 7) is 4.23. The van der Waals surface area contributed by atoms with Gasteiger partial charge in [-0.15, -0.1) is 6.58 Å². The maximum absolute atomic E-state index is 11.4. The van der Waals surface area contributed by atoms with Crippen LogP contribution in [0.4, 0.5) is 0 Å². The van der Waals surface area contributed by atoms with Gasteiger partial charge in [0, 0.05) is 13.5 Å². The molecule has 2 nitrogen and oxygen atoms in total. The molecule has 0 aromatic heterocycles. The SMILES string of the molecule is C=CCCNC(=O)c1ccccc1.[HH]. The molecule has 0 bridgehead atoms. The molecule has 0 atom stereocenters. The number of rotatable bonds is 4. The Hall–Kier alpha value is -1.57. The Kier molecular flexibility index (Phi) is 3.76. The monoisotopic (exact) mass is 177 g/mol.